The lowest BCUT2D eigenvalue weighted by molar-refractivity contribution is -0.0620. The SMILES string of the molecule is C[C@H](O)[C@H](C)OC[C@@H](O)CO. The van der Waals surface area contributed by atoms with Crippen LogP contribution in [0.4, 0.5) is 0 Å². The Morgan fingerprint density at radius 2 is 1.82 bits per heavy atom. The smallest absolute Gasteiger partial charge is 0.100 e. The molecule has 3 N–H and O–H groups in total. The summed E-state index contributed by atoms with van der Waals surface area (Å²) in [6, 6.07) is 0. The lowest BCUT2D eigenvalue weighted by atomic mass is 10.2. The van der Waals surface area contributed by atoms with E-state index in [1.165, 1.54) is 0 Å². The normalized spacial score (nSPS) is 19.4. The third-order valence-corrected chi connectivity index (χ3v) is 1.44. The van der Waals surface area contributed by atoms with E-state index in [1.54, 1.807) is 13.8 Å². The highest BCUT2D eigenvalue weighted by molar-refractivity contribution is 4.58. The second-order valence-corrected chi connectivity index (χ2v) is 2.62. The molecule has 3 atom stereocenters. The maximum atomic E-state index is 8.94. The van der Waals surface area contributed by atoms with Crippen LogP contribution in [-0.2, 0) is 4.74 Å². The Kier molecular flexibility index (Phi) is 5.41. The minimum absolute atomic E-state index is 0.0581. The molecule has 0 aromatic carbocycles. The van der Waals surface area contributed by atoms with Gasteiger partial charge >= 0.3 is 0 Å². The summed E-state index contributed by atoms with van der Waals surface area (Å²) in [4.78, 5) is 0. The zero-order valence-corrected chi connectivity index (χ0v) is 6.90. The topological polar surface area (TPSA) is 69.9 Å². The van der Waals surface area contributed by atoms with Gasteiger partial charge in [-0.25, -0.2) is 0 Å². The van der Waals surface area contributed by atoms with Gasteiger partial charge in [-0.05, 0) is 13.8 Å². The second kappa shape index (κ2) is 5.49. The number of hydrogen-bond acceptors (Lipinski definition) is 4. The average molecular weight is 164 g/mol. The number of hydrogen-bond donors (Lipinski definition) is 3. The third kappa shape index (κ3) is 5.15. The molecular weight excluding hydrogens is 148 g/mol. The lowest BCUT2D eigenvalue weighted by Gasteiger charge is -2.17. The summed E-state index contributed by atoms with van der Waals surface area (Å²) in [7, 11) is 0. The van der Waals surface area contributed by atoms with Crippen molar-refractivity contribution < 1.29 is 20.1 Å². The monoisotopic (exact) mass is 164 g/mol. The van der Waals surface area contributed by atoms with Gasteiger partial charge in [0.2, 0.25) is 0 Å². The molecule has 0 aliphatic rings. The fourth-order valence-corrected chi connectivity index (χ4v) is 0.455. The Balaban J connectivity index is 3.37. The van der Waals surface area contributed by atoms with Crippen molar-refractivity contribution in [1.29, 1.82) is 0 Å². The molecule has 0 amide bonds. The predicted molar refractivity (Wildman–Crippen MR) is 40.2 cm³/mol. The molecule has 0 aromatic rings. The Labute approximate surface area is 66.4 Å². The van der Waals surface area contributed by atoms with Gasteiger partial charge in [0, 0.05) is 0 Å². The van der Waals surface area contributed by atoms with Gasteiger partial charge in [0.15, 0.2) is 0 Å². The molecular formula is C7H16O4. The number of aliphatic hydroxyl groups is 3. The van der Waals surface area contributed by atoms with E-state index >= 15 is 0 Å². The first-order chi connectivity index (χ1) is 5.07. The highest BCUT2D eigenvalue weighted by Gasteiger charge is 2.10. The molecule has 0 radical (unpaired) electrons. The zero-order valence-electron chi connectivity index (χ0n) is 6.90. The molecule has 0 aliphatic heterocycles. The first-order valence-electron chi connectivity index (χ1n) is 3.66. The fraction of sp³-hybridized carbons (Fsp3) is 1.00. The van der Waals surface area contributed by atoms with Gasteiger partial charge in [0.25, 0.3) is 0 Å². The van der Waals surface area contributed by atoms with Crippen LogP contribution in [0.5, 0.6) is 0 Å². The summed E-state index contributed by atoms with van der Waals surface area (Å²) in [5.74, 6) is 0. The first-order valence-corrected chi connectivity index (χ1v) is 3.66. The fourth-order valence-electron chi connectivity index (χ4n) is 0.455. The third-order valence-electron chi connectivity index (χ3n) is 1.44. The van der Waals surface area contributed by atoms with Gasteiger partial charge in [-0.1, -0.05) is 0 Å². The average Bonchev–Trinajstić information content (AvgIpc) is 1.99. The maximum Gasteiger partial charge on any atom is 0.100 e. The summed E-state index contributed by atoms with van der Waals surface area (Å²) >= 11 is 0. The molecule has 0 bridgehead atoms. The Hall–Kier alpha value is -0.160. The molecule has 0 unspecified atom stereocenters. The van der Waals surface area contributed by atoms with Crippen LogP contribution in [0.15, 0.2) is 0 Å². The van der Waals surface area contributed by atoms with Gasteiger partial charge in [-0.2, -0.15) is 0 Å². The van der Waals surface area contributed by atoms with Gasteiger partial charge in [0.05, 0.1) is 25.4 Å². The van der Waals surface area contributed by atoms with Crippen molar-refractivity contribution in [2.75, 3.05) is 13.2 Å². The lowest BCUT2D eigenvalue weighted by Crippen LogP contribution is -2.28. The van der Waals surface area contributed by atoms with Crippen molar-refractivity contribution in [2.24, 2.45) is 0 Å². The van der Waals surface area contributed by atoms with Crippen LogP contribution in [-0.4, -0.2) is 46.8 Å². The number of ether oxygens (including phenoxy) is 1. The molecule has 0 fully saturated rings. The molecule has 4 nitrogen and oxygen atoms in total. The molecule has 0 saturated carbocycles. The van der Waals surface area contributed by atoms with E-state index in [-0.39, 0.29) is 19.3 Å². The molecule has 0 aromatic heterocycles. The highest BCUT2D eigenvalue weighted by atomic mass is 16.5. The van der Waals surface area contributed by atoms with Gasteiger partial charge in [-0.3, -0.25) is 0 Å². The summed E-state index contributed by atoms with van der Waals surface area (Å²) in [6.07, 6.45) is -1.71. The standard InChI is InChI=1S/C7H16O4/c1-5(9)6(2)11-4-7(10)3-8/h5-10H,3-4H2,1-2H3/t5-,6-,7-/m0/s1. The van der Waals surface area contributed by atoms with E-state index in [4.69, 9.17) is 20.1 Å². The molecule has 68 valence electrons. The van der Waals surface area contributed by atoms with E-state index in [1.807, 2.05) is 0 Å². The van der Waals surface area contributed by atoms with Gasteiger partial charge in [-0.15, -0.1) is 0 Å². The van der Waals surface area contributed by atoms with Crippen molar-refractivity contribution >= 4 is 0 Å². The first kappa shape index (κ1) is 10.8. The van der Waals surface area contributed by atoms with Crippen LogP contribution in [0, 0.1) is 0 Å². The maximum absolute atomic E-state index is 8.94. The predicted octanol–water partition coefficient (Wildman–Crippen LogP) is -0.875. The van der Waals surface area contributed by atoms with E-state index in [2.05, 4.69) is 0 Å². The quantitative estimate of drug-likeness (QED) is 0.494. The van der Waals surface area contributed by atoms with E-state index in [0.717, 1.165) is 0 Å². The molecule has 0 heterocycles. The number of aliphatic hydroxyl groups excluding tert-OH is 3. The van der Waals surface area contributed by atoms with Crippen molar-refractivity contribution in [1.82, 2.24) is 0 Å². The van der Waals surface area contributed by atoms with Gasteiger partial charge < -0.3 is 20.1 Å². The molecule has 11 heavy (non-hydrogen) atoms. The molecule has 0 aliphatic carbocycles. The van der Waals surface area contributed by atoms with Crippen LogP contribution in [0.1, 0.15) is 13.8 Å². The van der Waals surface area contributed by atoms with Crippen LogP contribution in [0.2, 0.25) is 0 Å². The Morgan fingerprint density at radius 3 is 2.18 bits per heavy atom. The summed E-state index contributed by atoms with van der Waals surface area (Å²) in [5.41, 5.74) is 0. The van der Waals surface area contributed by atoms with Crippen molar-refractivity contribution in [3.8, 4) is 0 Å². The summed E-state index contributed by atoms with van der Waals surface area (Å²) < 4.78 is 5.00. The van der Waals surface area contributed by atoms with Crippen LogP contribution >= 0.6 is 0 Å². The number of rotatable bonds is 5. The minimum atomic E-state index is -0.851. The Bertz CT molecular complexity index is 94.4. The summed E-state index contributed by atoms with van der Waals surface area (Å²) in [5, 5.41) is 26.2. The van der Waals surface area contributed by atoms with Crippen LogP contribution < -0.4 is 0 Å². The molecule has 0 saturated heterocycles. The molecule has 0 rings (SSSR count). The molecule has 4 heteroatoms. The van der Waals surface area contributed by atoms with Crippen LogP contribution in [0.3, 0.4) is 0 Å². The van der Waals surface area contributed by atoms with E-state index in [0.29, 0.717) is 0 Å². The summed E-state index contributed by atoms with van der Waals surface area (Å²) in [6.45, 7) is 3.06. The molecule has 0 spiro atoms. The van der Waals surface area contributed by atoms with Crippen molar-refractivity contribution in [2.45, 2.75) is 32.2 Å². The van der Waals surface area contributed by atoms with Crippen molar-refractivity contribution in [3.05, 3.63) is 0 Å². The zero-order chi connectivity index (χ0) is 8.85. The Morgan fingerprint density at radius 1 is 1.27 bits per heavy atom. The van der Waals surface area contributed by atoms with Crippen molar-refractivity contribution in [3.63, 3.8) is 0 Å². The van der Waals surface area contributed by atoms with Gasteiger partial charge in [0.1, 0.15) is 6.10 Å². The minimum Gasteiger partial charge on any atom is -0.394 e. The van der Waals surface area contributed by atoms with Crippen LogP contribution in [0.25, 0.3) is 0 Å². The highest BCUT2D eigenvalue weighted by Crippen LogP contribution is 1.98. The second-order valence-electron chi connectivity index (χ2n) is 2.62. The van der Waals surface area contributed by atoms with E-state index in [9.17, 15) is 0 Å². The largest absolute Gasteiger partial charge is 0.394 e. The van der Waals surface area contributed by atoms with E-state index < -0.39 is 12.2 Å².